The lowest BCUT2D eigenvalue weighted by molar-refractivity contribution is 0.100. The molecule has 0 aliphatic heterocycles. The number of amides is 1. The van der Waals surface area contributed by atoms with Crippen molar-refractivity contribution in [1.82, 2.24) is 19.9 Å². The van der Waals surface area contributed by atoms with Gasteiger partial charge in [-0.2, -0.15) is 0 Å². The van der Waals surface area contributed by atoms with Crippen molar-refractivity contribution in [1.29, 1.82) is 0 Å². The molecular formula is C9H8N6O. The SMILES string of the molecule is NC(=O)c1cnc(-c2ncccn2)nc1N. The van der Waals surface area contributed by atoms with Crippen LogP contribution in [0.25, 0.3) is 11.6 Å². The van der Waals surface area contributed by atoms with E-state index >= 15 is 0 Å². The van der Waals surface area contributed by atoms with Crippen molar-refractivity contribution >= 4 is 11.7 Å². The molecule has 80 valence electrons. The smallest absolute Gasteiger partial charge is 0.254 e. The van der Waals surface area contributed by atoms with E-state index in [2.05, 4.69) is 19.9 Å². The van der Waals surface area contributed by atoms with Gasteiger partial charge in [0.1, 0.15) is 5.82 Å². The first-order chi connectivity index (χ1) is 7.68. The summed E-state index contributed by atoms with van der Waals surface area (Å²) < 4.78 is 0. The van der Waals surface area contributed by atoms with Gasteiger partial charge in [-0.05, 0) is 6.07 Å². The number of rotatable bonds is 2. The second-order valence-corrected chi connectivity index (χ2v) is 2.93. The van der Waals surface area contributed by atoms with Crippen LogP contribution in [-0.4, -0.2) is 25.8 Å². The van der Waals surface area contributed by atoms with Crippen molar-refractivity contribution in [3.63, 3.8) is 0 Å². The number of nitrogens with zero attached hydrogens (tertiary/aromatic N) is 4. The molecule has 0 saturated carbocycles. The van der Waals surface area contributed by atoms with Crippen LogP contribution in [0.4, 0.5) is 5.82 Å². The fourth-order valence-electron chi connectivity index (χ4n) is 1.11. The first-order valence-electron chi connectivity index (χ1n) is 4.38. The van der Waals surface area contributed by atoms with Gasteiger partial charge in [0.25, 0.3) is 5.91 Å². The minimum Gasteiger partial charge on any atom is -0.383 e. The van der Waals surface area contributed by atoms with Crippen LogP contribution in [0, 0.1) is 0 Å². The number of hydrogen-bond acceptors (Lipinski definition) is 6. The average Bonchev–Trinajstić information content (AvgIpc) is 2.29. The number of carbonyl (C=O) groups is 1. The number of nitrogen functional groups attached to an aromatic ring is 1. The summed E-state index contributed by atoms with van der Waals surface area (Å²) >= 11 is 0. The molecule has 2 aromatic rings. The van der Waals surface area contributed by atoms with Gasteiger partial charge in [0.2, 0.25) is 0 Å². The van der Waals surface area contributed by atoms with Crippen LogP contribution >= 0.6 is 0 Å². The van der Waals surface area contributed by atoms with E-state index in [0.29, 0.717) is 5.82 Å². The molecule has 4 N–H and O–H groups in total. The highest BCUT2D eigenvalue weighted by Crippen LogP contribution is 2.12. The number of primary amides is 1. The van der Waals surface area contributed by atoms with Crippen LogP contribution in [0.3, 0.4) is 0 Å². The Morgan fingerprint density at radius 3 is 2.38 bits per heavy atom. The van der Waals surface area contributed by atoms with Crippen molar-refractivity contribution in [3.05, 3.63) is 30.2 Å². The molecule has 7 nitrogen and oxygen atoms in total. The predicted octanol–water partition coefficient (Wildman–Crippen LogP) is -0.385. The fraction of sp³-hybridized carbons (Fsp3) is 0. The summed E-state index contributed by atoms with van der Waals surface area (Å²) in [4.78, 5) is 26.6. The number of hydrogen-bond donors (Lipinski definition) is 2. The van der Waals surface area contributed by atoms with Gasteiger partial charge in [-0.15, -0.1) is 0 Å². The normalized spacial score (nSPS) is 10.0. The summed E-state index contributed by atoms with van der Waals surface area (Å²) in [6.45, 7) is 0. The molecule has 0 fully saturated rings. The van der Waals surface area contributed by atoms with Crippen LogP contribution in [0.2, 0.25) is 0 Å². The highest BCUT2D eigenvalue weighted by atomic mass is 16.1. The largest absolute Gasteiger partial charge is 0.383 e. The molecule has 1 amide bonds. The first-order valence-corrected chi connectivity index (χ1v) is 4.38. The minimum atomic E-state index is -0.668. The Labute approximate surface area is 90.6 Å². The predicted molar refractivity (Wildman–Crippen MR) is 56.0 cm³/mol. The lowest BCUT2D eigenvalue weighted by atomic mass is 10.3. The summed E-state index contributed by atoms with van der Waals surface area (Å²) in [5, 5.41) is 0. The second-order valence-electron chi connectivity index (χ2n) is 2.93. The van der Waals surface area contributed by atoms with Crippen LogP contribution in [-0.2, 0) is 0 Å². The van der Waals surface area contributed by atoms with E-state index in [1.54, 1.807) is 18.5 Å². The Hall–Kier alpha value is -2.57. The van der Waals surface area contributed by atoms with E-state index in [-0.39, 0.29) is 17.2 Å². The highest BCUT2D eigenvalue weighted by Gasteiger charge is 2.11. The molecule has 2 heterocycles. The summed E-state index contributed by atoms with van der Waals surface area (Å²) in [5.74, 6) is -0.0590. The van der Waals surface area contributed by atoms with Gasteiger partial charge in [-0.1, -0.05) is 0 Å². The van der Waals surface area contributed by atoms with E-state index < -0.39 is 5.91 Å². The Morgan fingerprint density at radius 2 is 1.81 bits per heavy atom. The van der Waals surface area contributed by atoms with E-state index in [0.717, 1.165) is 0 Å². The molecule has 0 bridgehead atoms. The summed E-state index contributed by atoms with van der Waals surface area (Å²) in [7, 11) is 0. The molecule has 2 rings (SSSR count). The molecule has 0 spiro atoms. The van der Waals surface area contributed by atoms with Crippen molar-refractivity contribution < 1.29 is 4.79 Å². The van der Waals surface area contributed by atoms with Gasteiger partial charge in [0.05, 0.1) is 5.56 Å². The minimum absolute atomic E-state index is 0.0185. The van der Waals surface area contributed by atoms with Crippen LogP contribution < -0.4 is 11.5 Å². The Bertz CT molecular complexity index is 527. The van der Waals surface area contributed by atoms with Gasteiger partial charge in [0, 0.05) is 18.6 Å². The van der Waals surface area contributed by atoms with Crippen LogP contribution in [0.15, 0.2) is 24.7 Å². The number of nitrogens with two attached hydrogens (primary N) is 2. The molecular weight excluding hydrogens is 208 g/mol. The van der Waals surface area contributed by atoms with Crippen LogP contribution in [0.5, 0.6) is 0 Å². The van der Waals surface area contributed by atoms with Gasteiger partial charge in [-0.3, -0.25) is 4.79 Å². The fourth-order valence-corrected chi connectivity index (χ4v) is 1.11. The quantitative estimate of drug-likeness (QED) is 0.705. The molecule has 0 aromatic carbocycles. The zero-order chi connectivity index (χ0) is 11.5. The number of aromatic nitrogens is 4. The monoisotopic (exact) mass is 216 g/mol. The van der Waals surface area contributed by atoms with E-state index in [4.69, 9.17) is 11.5 Å². The zero-order valence-electron chi connectivity index (χ0n) is 8.16. The summed E-state index contributed by atoms with van der Waals surface area (Å²) in [6, 6.07) is 1.67. The maximum absolute atomic E-state index is 10.9. The zero-order valence-corrected chi connectivity index (χ0v) is 8.16. The highest BCUT2D eigenvalue weighted by molar-refractivity contribution is 5.96. The van der Waals surface area contributed by atoms with Crippen molar-refractivity contribution in [2.24, 2.45) is 5.73 Å². The standard InChI is InChI=1S/C9H8N6O/c10-6-5(7(11)16)4-14-9(15-6)8-12-2-1-3-13-8/h1-4H,(H2,11,16)(H2,10,14,15). The molecule has 0 radical (unpaired) electrons. The summed E-state index contributed by atoms with van der Waals surface area (Å²) in [5.41, 5.74) is 10.7. The van der Waals surface area contributed by atoms with Crippen molar-refractivity contribution in [3.8, 4) is 11.6 Å². The lowest BCUT2D eigenvalue weighted by Crippen LogP contribution is -2.15. The second kappa shape index (κ2) is 3.89. The van der Waals surface area contributed by atoms with Gasteiger partial charge < -0.3 is 11.5 Å². The molecule has 16 heavy (non-hydrogen) atoms. The third-order valence-corrected chi connectivity index (χ3v) is 1.85. The first kappa shape index (κ1) is 9.97. The van der Waals surface area contributed by atoms with Crippen molar-refractivity contribution in [2.75, 3.05) is 5.73 Å². The van der Waals surface area contributed by atoms with Crippen molar-refractivity contribution in [2.45, 2.75) is 0 Å². The third kappa shape index (κ3) is 1.78. The topological polar surface area (TPSA) is 121 Å². The number of carbonyl (C=O) groups excluding carboxylic acids is 1. The maximum Gasteiger partial charge on any atom is 0.254 e. The molecule has 2 aromatic heterocycles. The Balaban J connectivity index is 2.46. The molecule has 0 aliphatic carbocycles. The Kier molecular flexibility index (Phi) is 2.42. The van der Waals surface area contributed by atoms with Gasteiger partial charge >= 0.3 is 0 Å². The summed E-state index contributed by atoms with van der Waals surface area (Å²) in [6.07, 6.45) is 4.38. The molecule has 0 aliphatic rings. The lowest BCUT2D eigenvalue weighted by Gasteiger charge is -2.02. The van der Waals surface area contributed by atoms with E-state index in [1.165, 1.54) is 6.20 Å². The van der Waals surface area contributed by atoms with Gasteiger partial charge in [-0.25, -0.2) is 19.9 Å². The molecule has 0 atom stereocenters. The Morgan fingerprint density at radius 1 is 1.12 bits per heavy atom. The molecule has 0 saturated heterocycles. The molecule has 0 unspecified atom stereocenters. The van der Waals surface area contributed by atoms with Crippen LogP contribution in [0.1, 0.15) is 10.4 Å². The van der Waals surface area contributed by atoms with E-state index in [9.17, 15) is 4.79 Å². The average molecular weight is 216 g/mol. The van der Waals surface area contributed by atoms with E-state index in [1.807, 2.05) is 0 Å². The van der Waals surface area contributed by atoms with Gasteiger partial charge in [0.15, 0.2) is 11.6 Å². The molecule has 7 heteroatoms. The number of anilines is 1. The maximum atomic E-state index is 10.9. The third-order valence-electron chi connectivity index (χ3n) is 1.85.